The maximum absolute atomic E-state index is 9.44. The highest BCUT2D eigenvalue weighted by Gasteiger charge is 2.05. The fraction of sp³-hybridized carbons (Fsp3) is 0.333. The number of phenols is 1. The quantitative estimate of drug-likeness (QED) is 0.616. The Labute approximate surface area is 76.7 Å². The summed E-state index contributed by atoms with van der Waals surface area (Å²) in [6.45, 7) is 2.04. The minimum atomic E-state index is 0.153. The van der Waals surface area contributed by atoms with Crippen molar-refractivity contribution in [3.8, 4) is 11.5 Å². The lowest BCUT2D eigenvalue weighted by molar-refractivity contribution is 0.160. The fourth-order valence-electron chi connectivity index (χ4n) is 1.16. The third-order valence-corrected chi connectivity index (χ3v) is 1.87. The SMILES string of the molecule is COc1cc(CNO)c(O)cc1C. The van der Waals surface area contributed by atoms with E-state index in [-0.39, 0.29) is 12.3 Å². The van der Waals surface area contributed by atoms with Gasteiger partial charge in [0.1, 0.15) is 11.5 Å². The van der Waals surface area contributed by atoms with Gasteiger partial charge in [-0.05, 0) is 24.6 Å². The predicted molar refractivity (Wildman–Crippen MR) is 48.0 cm³/mol. The first-order chi connectivity index (χ1) is 6.19. The number of phenolic OH excluding ortho intramolecular Hbond substituents is 1. The van der Waals surface area contributed by atoms with Crippen molar-refractivity contribution in [3.05, 3.63) is 23.3 Å². The van der Waals surface area contributed by atoms with Crippen LogP contribution in [0.4, 0.5) is 0 Å². The van der Waals surface area contributed by atoms with Gasteiger partial charge < -0.3 is 15.1 Å². The molecule has 0 fully saturated rings. The largest absolute Gasteiger partial charge is 0.508 e. The van der Waals surface area contributed by atoms with Crippen molar-refractivity contribution < 1.29 is 15.1 Å². The normalized spacial score (nSPS) is 10.1. The molecule has 0 aliphatic carbocycles. The zero-order valence-corrected chi connectivity index (χ0v) is 7.66. The summed E-state index contributed by atoms with van der Waals surface area (Å²) in [5.41, 5.74) is 3.44. The van der Waals surface area contributed by atoms with Crippen LogP contribution in [0, 0.1) is 6.92 Å². The molecule has 0 radical (unpaired) electrons. The summed E-state index contributed by atoms with van der Waals surface area (Å²) in [7, 11) is 1.57. The van der Waals surface area contributed by atoms with Crippen LogP contribution < -0.4 is 10.2 Å². The lowest BCUT2D eigenvalue weighted by atomic mass is 10.1. The highest BCUT2D eigenvalue weighted by molar-refractivity contribution is 5.44. The first-order valence-electron chi connectivity index (χ1n) is 3.92. The second kappa shape index (κ2) is 4.11. The molecule has 1 rings (SSSR count). The van der Waals surface area contributed by atoms with E-state index in [9.17, 15) is 5.11 Å². The van der Waals surface area contributed by atoms with Crippen LogP contribution in [0.2, 0.25) is 0 Å². The third-order valence-electron chi connectivity index (χ3n) is 1.87. The highest BCUT2D eigenvalue weighted by Crippen LogP contribution is 2.26. The molecule has 72 valence electrons. The Kier molecular flexibility index (Phi) is 3.11. The van der Waals surface area contributed by atoms with E-state index >= 15 is 0 Å². The molecule has 0 unspecified atom stereocenters. The lowest BCUT2D eigenvalue weighted by Gasteiger charge is -2.09. The van der Waals surface area contributed by atoms with Gasteiger partial charge in [-0.25, -0.2) is 5.48 Å². The molecule has 0 atom stereocenters. The molecule has 0 aromatic heterocycles. The number of ether oxygens (including phenoxy) is 1. The van der Waals surface area contributed by atoms with E-state index in [4.69, 9.17) is 9.94 Å². The van der Waals surface area contributed by atoms with Crippen LogP contribution in [0.3, 0.4) is 0 Å². The molecule has 1 aromatic rings. The Morgan fingerprint density at radius 2 is 2.15 bits per heavy atom. The van der Waals surface area contributed by atoms with Crippen LogP contribution in [0.15, 0.2) is 12.1 Å². The number of methoxy groups -OCH3 is 1. The molecule has 0 aliphatic rings. The monoisotopic (exact) mass is 183 g/mol. The summed E-state index contributed by atoms with van der Waals surface area (Å²) in [5, 5.41) is 17.9. The maximum Gasteiger partial charge on any atom is 0.122 e. The minimum absolute atomic E-state index is 0.153. The van der Waals surface area contributed by atoms with Crippen molar-refractivity contribution in [3.63, 3.8) is 0 Å². The van der Waals surface area contributed by atoms with Gasteiger partial charge in [0.2, 0.25) is 0 Å². The van der Waals surface area contributed by atoms with E-state index in [0.717, 1.165) is 5.56 Å². The number of hydroxylamine groups is 1. The van der Waals surface area contributed by atoms with Crippen LogP contribution in [-0.2, 0) is 6.54 Å². The molecule has 4 nitrogen and oxygen atoms in total. The Bertz CT molecular complexity index is 299. The summed E-state index contributed by atoms with van der Waals surface area (Å²) in [4.78, 5) is 0. The number of aromatic hydroxyl groups is 1. The molecule has 0 heterocycles. The van der Waals surface area contributed by atoms with Gasteiger partial charge in [-0.2, -0.15) is 0 Å². The lowest BCUT2D eigenvalue weighted by Crippen LogP contribution is -2.06. The molecule has 0 bridgehead atoms. The van der Waals surface area contributed by atoms with Gasteiger partial charge in [0, 0.05) is 12.1 Å². The summed E-state index contributed by atoms with van der Waals surface area (Å²) in [5.74, 6) is 0.850. The number of hydrogen-bond acceptors (Lipinski definition) is 4. The highest BCUT2D eigenvalue weighted by atomic mass is 16.5. The van der Waals surface area contributed by atoms with Gasteiger partial charge in [0.25, 0.3) is 0 Å². The smallest absolute Gasteiger partial charge is 0.122 e. The Morgan fingerprint density at radius 3 is 2.69 bits per heavy atom. The molecule has 0 aliphatic heterocycles. The fourth-order valence-corrected chi connectivity index (χ4v) is 1.16. The molecule has 0 saturated heterocycles. The molecule has 0 spiro atoms. The van der Waals surface area contributed by atoms with Gasteiger partial charge in [0.15, 0.2) is 0 Å². The van der Waals surface area contributed by atoms with Gasteiger partial charge in [-0.3, -0.25) is 0 Å². The van der Waals surface area contributed by atoms with Gasteiger partial charge in [-0.15, -0.1) is 0 Å². The Hall–Kier alpha value is -1.26. The van der Waals surface area contributed by atoms with Crippen molar-refractivity contribution in [2.24, 2.45) is 0 Å². The molecule has 4 heteroatoms. The number of aryl methyl sites for hydroxylation is 1. The van der Waals surface area contributed by atoms with Gasteiger partial charge in [-0.1, -0.05) is 0 Å². The van der Waals surface area contributed by atoms with Crippen molar-refractivity contribution in [1.82, 2.24) is 5.48 Å². The Balaban J connectivity index is 3.06. The van der Waals surface area contributed by atoms with Gasteiger partial charge >= 0.3 is 0 Å². The molecule has 0 amide bonds. The molecule has 1 aromatic carbocycles. The third kappa shape index (κ3) is 2.11. The molecule has 3 N–H and O–H groups in total. The second-order valence-corrected chi connectivity index (χ2v) is 2.79. The van der Waals surface area contributed by atoms with E-state index in [1.54, 1.807) is 19.2 Å². The van der Waals surface area contributed by atoms with Crippen molar-refractivity contribution in [2.75, 3.05) is 7.11 Å². The average molecular weight is 183 g/mol. The predicted octanol–water partition coefficient (Wildman–Crippen LogP) is 1.19. The molecule has 13 heavy (non-hydrogen) atoms. The molecular formula is C9H13NO3. The standard InChI is InChI=1S/C9H13NO3/c1-6-3-8(11)7(5-10-12)4-9(6)13-2/h3-4,10-12H,5H2,1-2H3. The van der Waals surface area contributed by atoms with Crippen LogP contribution in [-0.4, -0.2) is 17.4 Å². The summed E-state index contributed by atoms with van der Waals surface area (Å²) < 4.78 is 5.07. The van der Waals surface area contributed by atoms with Crippen LogP contribution in [0.5, 0.6) is 11.5 Å². The zero-order chi connectivity index (χ0) is 9.84. The van der Waals surface area contributed by atoms with Crippen molar-refractivity contribution in [1.29, 1.82) is 0 Å². The topological polar surface area (TPSA) is 61.7 Å². The zero-order valence-electron chi connectivity index (χ0n) is 7.66. The first-order valence-corrected chi connectivity index (χ1v) is 3.92. The molecular weight excluding hydrogens is 170 g/mol. The van der Waals surface area contributed by atoms with Crippen LogP contribution >= 0.6 is 0 Å². The Morgan fingerprint density at radius 1 is 1.46 bits per heavy atom. The average Bonchev–Trinajstić information content (AvgIpc) is 2.10. The second-order valence-electron chi connectivity index (χ2n) is 2.79. The number of nitrogens with one attached hydrogen (secondary N) is 1. The summed E-state index contributed by atoms with van der Waals surface area (Å²) in [6.07, 6.45) is 0. The van der Waals surface area contributed by atoms with E-state index < -0.39 is 0 Å². The van der Waals surface area contributed by atoms with E-state index in [1.165, 1.54) is 0 Å². The maximum atomic E-state index is 9.44. The molecule has 0 saturated carbocycles. The van der Waals surface area contributed by atoms with Crippen molar-refractivity contribution >= 4 is 0 Å². The van der Waals surface area contributed by atoms with E-state index in [2.05, 4.69) is 0 Å². The van der Waals surface area contributed by atoms with E-state index in [1.807, 2.05) is 12.4 Å². The number of hydrogen-bond donors (Lipinski definition) is 3. The number of rotatable bonds is 3. The van der Waals surface area contributed by atoms with Crippen molar-refractivity contribution in [2.45, 2.75) is 13.5 Å². The van der Waals surface area contributed by atoms with E-state index in [0.29, 0.717) is 11.3 Å². The van der Waals surface area contributed by atoms with Gasteiger partial charge in [0.05, 0.1) is 7.11 Å². The summed E-state index contributed by atoms with van der Waals surface area (Å²) in [6, 6.07) is 3.29. The van der Waals surface area contributed by atoms with Crippen LogP contribution in [0.1, 0.15) is 11.1 Å². The minimum Gasteiger partial charge on any atom is -0.508 e. The van der Waals surface area contributed by atoms with Crippen LogP contribution in [0.25, 0.3) is 0 Å². The first kappa shape index (κ1) is 9.83. The summed E-state index contributed by atoms with van der Waals surface area (Å²) >= 11 is 0. The number of benzene rings is 1.